The van der Waals surface area contributed by atoms with Crippen LogP contribution in [0.3, 0.4) is 0 Å². The van der Waals surface area contributed by atoms with Crippen LogP contribution in [-0.2, 0) is 11.8 Å². The number of rotatable bonds is 7. The Morgan fingerprint density at radius 2 is 2.53 bits per heavy atom. The van der Waals surface area contributed by atoms with Crippen LogP contribution in [-0.4, -0.2) is 43.7 Å². The van der Waals surface area contributed by atoms with Gasteiger partial charge in [-0.15, -0.1) is 10.2 Å². The summed E-state index contributed by atoms with van der Waals surface area (Å²) in [4.78, 5) is 11.0. The predicted octanol–water partition coefficient (Wildman–Crippen LogP) is 0.502. The summed E-state index contributed by atoms with van der Waals surface area (Å²) < 4.78 is 1.83. The number of aromatic nitrogens is 3. The first-order valence-corrected chi connectivity index (χ1v) is 6.61. The van der Waals surface area contributed by atoms with E-state index < -0.39 is 12.0 Å². The Morgan fingerprint density at radius 1 is 1.76 bits per heavy atom. The third-order valence-electron chi connectivity index (χ3n) is 2.62. The summed E-state index contributed by atoms with van der Waals surface area (Å²) in [5.74, 6) is -0.0427. The molecule has 1 fully saturated rings. The number of nitrogens with zero attached hydrogens (tertiary/aromatic N) is 3. The molecule has 1 aliphatic carbocycles. The fraction of sp³-hybridized carbons (Fsp3) is 0.700. The molecule has 1 saturated carbocycles. The lowest BCUT2D eigenvalue weighted by molar-refractivity contribution is -0.139. The summed E-state index contributed by atoms with van der Waals surface area (Å²) in [6.07, 6.45) is 4.43. The number of hydrogen-bond acceptors (Lipinski definition) is 5. The number of nitrogens with one attached hydrogen (secondary N) is 1. The van der Waals surface area contributed by atoms with E-state index >= 15 is 0 Å². The largest absolute Gasteiger partial charge is 0.480 e. The molecule has 7 heteroatoms. The fourth-order valence-corrected chi connectivity index (χ4v) is 2.38. The van der Waals surface area contributed by atoms with Gasteiger partial charge in [0.2, 0.25) is 0 Å². The van der Waals surface area contributed by atoms with Crippen LogP contribution in [0.15, 0.2) is 11.5 Å². The number of aliphatic carboxylic acids is 1. The Labute approximate surface area is 104 Å². The van der Waals surface area contributed by atoms with E-state index in [-0.39, 0.29) is 0 Å². The quantitative estimate of drug-likeness (QED) is 0.692. The van der Waals surface area contributed by atoms with Gasteiger partial charge < -0.3 is 15.0 Å². The van der Waals surface area contributed by atoms with E-state index in [1.165, 1.54) is 11.8 Å². The number of carboxylic acids is 1. The molecule has 2 N–H and O–H groups in total. The molecular weight excluding hydrogens is 240 g/mol. The average Bonchev–Trinajstić information content (AvgIpc) is 3.01. The van der Waals surface area contributed by atoms with E-state index in [0.29, 0.717) is 12.5 Å². The monoisotopic (exact) mass is 256 g/mol. The highest BCUT2D eigenvalue weighted by molar-refractivity contribution is 7.99. The second-order valence-electron chi connectivity index (χ2n) is 4.19. The molecule has 1 heterocycles. The Bertz CT molecular complexity index is 391. The lowest BCUT2D eigenvalue weighted by Gasteiger charge is -2.13. The van der Waals surface area contributed by atoms with Crippen molar-refractivity contribution in [2.75, 3.05) is 5.75 Å². The zero-order chi connectivity index (χ0) is 12.3. The van der Waals surface area contributed by atoms with Gasteiger partial charge in [-0.1, -0.05) is 11.8 Å². The molecule has 0 spiro atoms. The van der Waals surface area contributed by atoms with Crippen LogP contribution < -0.4 is 5.32 Å². The van der Waals surface area contributed by atoms with Crippen LogP contribution in [0.1, 0.15) is 19.3 Å². The topological polar surface area (TPSA) is 80.0 Å². The van der Waals surface area contributed by atoms with Gasteiger partial charge in [-0.05, 0) is 19.3 Å². The Balaban J connectivity index is 1.75. The van der Waals surface area contributed by atoms with E-state index in [1.54, 1.807) is 6.33 Å². The third-order valence-corrected chi connectivity index (χ3v) is 3.69. The number of hydrogen-bond donors (Lipinski definition) is 2. The first-order chi connectivity index (χ1) is 8.16. The average molecular weight is 256 g/mol. The summed E-state index contributed by atoms with van der Waals surface area (Å²) in [5, 5.41) is 20.7. The van der Waals surface area contributed by atoms with Crippen molar-refractivity contribution in [3.63, 3.8) is 0 Å². The van der Waals surface area contributed by atoms with Crippen LogP contribution in [0, 0.1) is 0 Å². The molecule has 0 amide bonds. The fourth-order valence-electron chi connectivity index (χ4n) is 1.48. The van der Waals surface area contributed by atoms with Crippen molar-refractivity contribution in [2.45, 2.75) is 36.5 Å². The van der Waals surface area contributed by atoms with Crippen LogP contribution in [0.4, 0.5) is 0 Å². The summed E-state index contributed by atoms with van der Waals surface area (Å²) in [5.41, 5.74) is 0. The summed E-state index contributed by atoms with van der Waals surface area (Å²) >= 11 is 1.53. The molecule has 2 rings (SSSR count). The van der Waals surface area contributed by atoms with Crippen LogP contribution in [0.2, 0.25) is 0 Å². The van der Waals surface area contributed by atoms with Gasteiger partial charge in [-0.3, -0.25) is 4.79 Å². The SMILES string of the molecule is Cn1cnnc1SCCC(NC1CC1)C(=O)O. The first kappa shape index (κ1) is 12.4. The normalized spacial score (nSPS) is 17.0. The van der Waals surface area contributed by atoms with Crippen molar-refractivity contribution in [2.24, 2.45) is 7.05 Å². The first-order valence-electron chi connectivity index (χ1n) is 5.62. The molecule has 0 aliphatic heterocycles. The van der Waals surface area contributed by atoms with Gasteiger partial charge in [0.1, 0.15) is 12.4 Å². The number of carbonyl (C=O) groups is 1. The second kappa shape index (κ2) is 5.50. The minimum Gasteiger partial charge on any atom is -0.480 e. The molecule has 94 valence electrons. The van der Waals surface area contributed by atoms with Gasteiger partial charge >= 0.3 is 5.97 Å². The molecule has 0 aromatic carbocycles. The standard InChI is InChI=1S/C10H16N4O2S/c1-14-6-11-13-10(14)17-5-4-8(9(15)16)12-7-2-3-7/h6-8,12H,2-5H2,1H3,(H,15,16). The molecule has 1 aromatic rings. The number of aryl methyl sites for hydroxylation is 1. The third kappa shape index (κ3) is 3.71. The molecule has 0 saturated heterocycles. The van der Waals surface area contributed by atoms with Gasteiger partial charge in [0.25, 0.3) is 0 Å². The Kier molecular flexibility index (Phi) is 4.01. The maximum absolute atomic E-state index is 11.0. The Hall–Kier alpha value is -1.08. The molecule has 1 atom stereocenters. The molecule has 17 heavy (non-hydrogen) atoms. The van der Waals surface area contributed by atoms with E-state index in [1.807, 2.05) is 11.6 Å². The van der Waals surface area contributed by atoms with Crippen LogP contribution >= 0.6 is 11.8 Å². The van der Waals surface area contributed by atoms with E-state index in [2.05, 4.69) is 15.5 Å². The predicted molar refractivity (Wildman–Crippen MR) is 63.9 cm³/mol. The maximum Gasteiger partial charge on any atom is 0.320 e. The molecule has 0 bridgehead atoms. The molecule has 1 unspecified atom stereocenters. The zero-order valence-corrected chi connectivity index (χ0v) is 10.5. The highest BCUT2D eigenvalue weighted by atomic mass is 32.2. The molecule has 0 radical (unpaired) electrons. The van der Waals surface area contributed by atoms with Crippen molar-refractivity contribution in [3.05, 3.63) is 6.33 Å². The summed E-state index contributed by atoms with van der Waals surface area (Å²) in [6.45, 7) is 0. The van der Waals surface area contributed by atoms with E-state index in [9.17, 15) is 4.79 Å². The molecule has 1 aromatic heterocycles. The van der Waals surface area contributed by atoms with Crippen molar-refractivity contribution in [1.82, 2.24) is 20.1 Å². The number of carboxylic acid groups (broad SMARTS) is 1. The lowest BCUT2D eigenvalue weighted by Crippen LogP contribution is -2.38. The van der Waals surface area contributed by atoms with Crippen LogP contribution in [0.25, 0.3) is 0 Å². The smallest absolute Gasteiger partial charge is 0.320 e. The maximum atomic E-state index is 11.0. The van der Waals surface area contributed by atoms with Crippen molar-refractivity contribution < 1.29 is 9.90 Å². The minimum atomic E-state index is -0.768. The highest BCUT2D eigenvalue weighted by Gasteiger charge is 2.27. The molecular formula is C10H16N4O2S. The summed E-state index contributed by atoms with van der Waals surface area (Å²) in [7, 11) is 1.87. The van der Waals surface area contributed by atoms with E-state index in [4.69, 9.17) is 5.11 Å². The Morgan fingerprint density at radius 3 is 3.06 bits per heavy atom. The van der Waals surface area contributed by atoms with Gasteiger partial charge in [-0.25, -0.2) is 0 Å². The highest BCUT2D eigenvalue weighted by Crippen LogP contribution is 2.21. The second-order valence-corrected chi connectivity index (χ2v) is 5.26. The number of thioether (sulfide) groups is 1. The van der Waals surface area contributed by atoms with E-state index in [0.717, 1.165) is 23.8 Å². The summed E-state index contributed by atoms with van der Waals surface area (Å²) in [6, 6.07) is -0.0286. The molecule has 1 aliphatic rings. The van der Waals surface area contributed by atoms with Crippen LogP contribution in [0.5, 0.6) is 0 Å². The van der Waals surface area contributed by atoms with Gasteiger partial charge in [0.05, 0.1) is 0 Å². The van der Waals surface area contributed by atoms with Gasteiger partial charge in [0.15, 0.2) is 5.16 Å². The zero-order valence-electron chi connectivity index (χ0n) is 9.67. The van der Waals surface area contributed by atoms with Crippen molar-refractivity contribution >= 4 is 17.7 Å². The van der Waals surface area contributed by atoms with Crippen molar-refractivity contribution in [3.8, 4) is 0 Å². The van der Waals surface area contributed by atoms with Gasteiger partial charge in [-0.2, -0.15) is 0 Å². The van der Waals surface area contributed by atoms with Crippen molar-refractivity contribution in [1.29, 1.82) is 0 Å². The minimum absolute atomic E-state index is 0.413. The van der Waals surface area contributed by atoms with Gasteiger partial charge in [0, 0.05) is 18.8 Å². The molecule has 6 nitrogen and oxygen atoms in total. The lowest BCUT2D eigenvalue weighted by atomic mass is 10.2.